The minimum absolute atomic E-state index is 0.205. The Balaban J connectivity index is 1.56. The molecule has 9 nitrogen and oxygen atoms in total. The van der Waals surface area contributed by atoms with Gasteiger partial charge < -0.3 is 19.2 Å². The monoisotopic (exact) mass is 406 g/mol. The molecule has 2 aromatic rings. The van der Waals surface area contributed by atoms with Crippen molar-refractivity contribution >= 4 is 23.7 Å². The quantitative estimate of drug-likeness (QED) is 0.745. The summed E-state index contributed by atoms with van der Waals surface area (Å²) in [7, 11) is 0. The molecule has 3 amide bonds. The maximum absolute atomic E-state index is 12.2. The van der Waals surface area contributed by atoms with Crippen LogP contribution in [0, 0.1) is 0 Å². The normalized spacial score (nSPS) is 16.9. The number of amides is 3. The lowest BCUT2D eigenvalue weighted by atomic mass is 10.1. The molecule has 0 aliphatic carbocycles. The fourth-order valence-corrected chi connectivity index (χ4v) is 3.02. The molecule has 1 aromatic carbocycles. The lowest BCUT2D eigenvalue weighted by Gasteiger charge is -2.23. The van der Waals surface area contributed by atoms with Crippen LogP contribution in [-0.2, 0) is 4.79 Å². The second-order valence-corrected chi connectivity index (χ2v) is 8.52. The van der Waals surface area contributed by atoms with E-state index in [1.54, 1.807) is 13.0 Å². The SMILES string of the molecule is C[C@@H](Sc1nnc([C@H]2COc3ccccc3O2)o1)C(=O)NC(=O)NC(C)(C)C. The zero-order valence-corrected chi connectivity index (χ0v) is 16.8. The van der Waals surface area contributed by atoms with Gasteiger partial charge in [-0.1, -0.05) is 23.9 Å². The summed E-state index contributed by atoms with van der Waals surface area (Å²) in [6, 6.07) is 6.76. The highest BCUT2D eigenvalue weighted by molar-refractivity contribution is 8.00. The zero-order chi connectivity index (χ0) is 20.3. The number of para-hydroxylation sites is 2. The van der Waals surface area contributed by atoms with Crippen molar-refractivity contribution < 1.29 is 23.5 Å². The Morgan fingerprint density at radius 3 is 2.64 bits per heavy atom. The van der Waals surface area contributed by atoms with E-state index in [1.807, 2.05) is 39.0 Å². The Morgan fingerprint density at radius 1 is 1.21 bits per heavy atom. The summed E-state index contributed by atoms with van der Waals surface area (Å²) in [6.07, 6.45) is -0.529. The topological polar surface area (TPSA) is 116 Å². The number of nitrogens with one attached hydrogen (secondary N) is 2. The van der Waals surface area contributed by atoms with Gasteiger partial charge in [0.05, 0.1) is 5.25 Å². The number of benzene rings is 1. The van der Waals surface area contributed by atoms with Crippen molar-refractivity contribution in [1.29, 1.82) is 0 Å². The molecular weight excluding hydrogens is 384 g/mol. The number of hydrogen-bond donors (Lipinski definition) is 2. The smallest absolute Gasteiger partial charge is 0.321 e. The van der Waals surface area contributed by atoms with Crippen molar-refractivity contribution in [3.63, 3.8) is 0 Å². The van der Waals surface area contributed by atoms with Gasteiger partial charge in [0.15, 0.2) is 11.5 Å². The first-order valence-corrected chi connectivity index (χ1v) is 9.61. The lowest BCUT2D eigenvalue weighted by Crippen LogP contribution is -2.49. The number of imide groups is 1. The molecule has 2 N–H and O–H groups in total. The van der Waals surface area contributed by atoms with Crippen LogP contribution in [0.1, 0.15) is 39.7 Å². The van der Waals surface area contributed by atoms with Crippen LogP contribution >= 0.6 is 11.8 Å². The number of ether oxygens (including phenoxy) is 2. The van der Waals surface area contributed by atoms with Crippen LogP contribution in [0.3, 0.4) is 0 Å². The van der Waals surface area contributed by atoms with Gasteiger partial charge in [0, 0.05) is 5.54 Å². The van der Waals surface area contributed by atoms with E-state index >= 15 is 0 Å². The van der Waals surface area contributed by atoms with Crippen molar-refractivity contribution in [2.45, 2.75) is 49.8 Å². The molecule has 150 valence electrons. The molecule has 2 atom stereocenters. The summed E-state index contributed by atoms with van der Waals surface area (Å²) in [5, 5.41) is 12.5. The molecule has 0 radical (unpaired) electrons. The molecule has 10 heteroatoms. The summed E-state index contributed by atoms with van der Waals surface area (Å²) in [5.41, 5.74) is -0.442. The average Bonchev–Trinajstić information content (AvgIpc) is 3.08. The van der Waals surface area contributed by atoms with E-state index in [2.05, 4.69) is 20.8 Å². The highest BCUT2D eigenvalue weighted by Gasteiger charge is 2.28. The van der Waals surface area contributed by atoms with E-state index in [4.69, 9.17) is 13.9 Å². The molecule has 0 saturated carbocycles. The molecular formula is C18H22N4O5S. The second-order valence-electron chi connectivity index (χ2n) is 7.22. The fraction of sp³-hybridized carbons (Fsp3) is 0.444. The molecule has 3 rings (SSSR count). The van der Waals surface area contributed by atoms with Gasteiger partial charge >= 0.3 is 6.03 Å². The third kappa shape index (κ3) is 5.16. The summed E-state index contributed by atoms with van der Waals surface area (Å²) in [6.45, 7) is 7.36. The first-order valence-electron chi connectivity index (χ1n) is 8.73. The molecule has 0 bridgehead atoms. The van der Waals surface area contributed by atoms with Crippen LogP contribution in [-0.4, -0.2) is 39.5 Å². The van der Waals surface area contributed by atoms with E-state index in [-0.39, 0.29) is 17.7 Å². The van der Waals surface area contributed by atoms with Gasteiger partial charge in [0.25, 0.3) is 11.1 Å². The Bertz CT molecular complexity index is 864. The molecule has 0 saturated heterocycles. The maximum atomic E-state index is 12.2. The predicted molar refractivity (Wildman–Crippen MR) is 101 cm³/mol. The molecule has 0 fully saturated rings. The van der Waals surface area contributed by atoms with Crippen LogP contribution in [0.2, 0.25) is 0 Å². The summed E-state index contributed by atoms with van der Waals surface area (Å²) in [4.78, 5) is 24.0. The average molecular weight is 406 g/mol. The first kappa shape index (κ1) is 20.0. The lowest BCUT2D eigenvalue weighted by molar-refractivity contribution is -0.119. The second kappa shape index (κ2) is 8.09. The Kier molecular flexibility index (Phi) is 5.78. The molecule has 2 heterocycles. The minimum atomic E-state index is -0.608. The summed E-state index contributed by atoms with van der Waals surface area (Å²) >= 11 is 1.05. The molecule has 0 spiro atoms. The van der Waals surface area contributed by atoms with Crippen molar-refractivity contribution in [3.8, 4) is 11.5 Å². The van der Waals surface area contributed by atoms with Crippen LogP contribution in [0.25, 0.3) is 0 Å². The predicted octanol–water partition coefficient (Wildman–Crippen LogP) is 2.69. The van der Waals surface area contributed by atoms with Gasteiger partial charge in [-0.3, -0.25) is 10.1 Å². The number of nitrogens with zero attached hydrogens (tertiary/aromatic N) is 2. The largest absolute Gasteiger partial charge is 0.485 e. The van der Waals surface area contributed by atoms with E-state index in [1.165, 1.54) is 0 Å². The number of thioether (sulfide) groups is 1. The molecule has 1 aliphatic heterocycles. The van der Waals surface area contributed by atoms with Crippen molar-refractivity contribution in [1.82, 2.24) is 20.8 Å². The highest BCUT2D eigenvalue weighted by atomic mass is 32.2. The summed E-state index contributed by atoms with van der Waals surface area (Å²) in [5.74, 6) is 1.06. The van der Waals surface area contributed by atoms with Gasteiger partial charge in [-0.2, -0.15) is 0 Å². The van der Waals surface area contributed by atoms with Gasteiger partial charge in [-0.05, 0) is 39.8 Å². The molecule has 1 aromatic heterocycles. The standard InChI is InChI=1S/C18H22N4O5S/c1-10(14(23)19-16(24)20-18(2,3)4)28-17-22-21-15(27-17)13-9-25-11-7-5-6-8-12(11)26-13/h5-8,10,13H,9H2,1-4H3,(H2,19,20,23,24)/t10-,13-/m1/s1. The van der Waals surface area contributed by atoms with E-state index < -0.39 is 28.8 Å². The van der Waals surface area contributed by atoms with Gasteiger partial charge in [0.2, 0.25) is 12.0 Å². The van der Waals surface area contributed by atoms with Gasteiger partial charge in [0.1, 0.15) is 6.61 Å². The fourth-order valence-electron chi connectivity index (χ4n) is 2.33. The Hall–Kier alpha value is -2.75. The van der Waals surface area contributed by atoms with Crippen molar-refractivity contribution in [2.75, 3.05) is 6.61 Å². The van der Waals surface area contributed by atoms with E-state index in [0.29, 0.717) is 11.5 Å². The molecule has 1 aliphatic rings. The first-order chi connectivity index (χ1) is 13.2. The van der Waals surface area contributed by atoms with Crippen LogP contribution in [0.5, 0.6) is 11.5 Å². The number of carbonyl (C=O) groups is 2. The number of aromatic nitrogens is 2. The number of urea groups is 1. The van der Waals surface area contributed by atoms with Crippen LogP contribution in [0.4, 0.5) is 4.79 Å². The minimum Gasteiger partial charge on any atom is -0.485 e. The zero-order valence-electron chi connectivity index (χ0n) is 16.0. The van der Waals surface area contributed by atoms with Gasteiger partial charge in [-0.15, -0.1) is 10.2 Å². The molecule has 28 heavy (non-hydrogen) atoms. The van der Waals surface area contributed by atoms with E-state index in [9.17, 15) is 9.59 Å². The van der Waals surface area contributed by atoms with E-state index in [0.717, 1.165) is 11.8 Å². The van der Waals surface area contributed by atoms with Crippen LogP contribution in [0.15, 0.2) is 33.9 Å². The maximum Gasteiger partial charge on any atom is 0.321 e. The Labute approximate surface area is 166 Å². The third-order valence-corrected chi connectivity index (χ3v) is 4.51. The number of fused-ring (bicyclic) bond motifs is 1. The Morgan fingerprint density at radius 2 is 1.93 bits per heavy atom. The van der Waals surface area contributed by atoms with Crippen LogP contribution < -0.4 is 20.1 Å². The number of rotatable bonds is 4. The number of hydrogen-bond acceptors (Lipinski definition) is 8. The molecule has 0 unspecified atom stereocenters. The van der Waals surface area contributed by atoms with Crippen molar-refractivity contribution in [3.05, 3.63) is 30.2 Å². The van der Waals surface area contributed by atoms with Crippen molar-refractivity contribution in [2.24, 2.45) is 0 Å². The highest BCUT2D eigenvalue weighted by Crippen LogP contribution is 2.36. The third-order valence-electron chi connectivity index (χ3n) is 3.58. The van der Waals surface area contributed by atoms with Gasteiger partial charge in [-0.25, -0.2) is 4.79 Å². The number of carbonyl (C=O) groups excluding carboxylic acids is 2. The summed E-state index contributed by atoms with van der Waals surface area (Å²) < 4.78 is 17.1.